The molecule has 0 spiro atoms. The topological polar surface area (TPSA) is 56.0 Å². The molecular weight excluding hydrogens is 228 g/mol. The first-order valence-corrected chi connectivity index (χ1v) is 6.11. The lowest BCUT2D eigenvalue weighted by atomic mass is 10.1. The summed E-state index contributed by atoms with van der Waals surface area (Å²) in [7, 11) is 0. The van der Waals surface area contributed by atoms with Crippen molar-refractivity contribution in [2.45, 2.75) is 12.8 Å². The predicted molar refractivity (Wildman–Crippen MR) is 67.9 cm³/mol. The lowest BCUT2D eigenvalue weighted by molar-refractivity contribution is -0.595. The van der Waals surface area contributed by atoms with Crippen molar-refractivity contribution in [2.24, 2.45) is 0 Å². The molecule has 1 saturated heterocycles. The summed E-state index contributed by atoms with van der Waals surface area (Å²) >= 11 is 0. The van der Waals surface area contributed by atoms with E-state index in [1.165, 1.54) is 6.33 Å². The quantitative estimate of drug-likeness (QED) is 0.589. The van der Waals surface area contributed by atoms with Gasteiger partial charge in [0.05, 0.1) is 13.1 Å². The maximum atomic E-state index is 12.0. The van der Waals surface area contributed by atoms with E-state index >= 15 is 0 Å². The average molecular weight is 242 g/mol. The third-order valence-electron chi connectivity index (χ3n) is 3.19. The van der Waals surface area contributed by atoms with Crippen LogP contribution in [0.15, 0.2) is 36.7 Å². The molecule has 1 fully saturated rings. The van der Waals surface area contributed by atoms with Gasteiger partial charge in [-0.2, -0.15) is 0 Å². The van der Waals surface area contributed by atoms with Crippen LogP contribution in [0.5, 0.6) is 0 Å². The first-order valence-electron chi connectivity index (χ1n) is 6.11. The van der Waals surface area contributed by atoms with Gasteiger partial charge in [-0.05, 0) is 12.8 Å². The van der Waals surface area contributed by atoms with E-state index in [0.29, 0.717) is 11.5 Å². The Kier molecular flexibility index (Phi) is 2.80. The van der Waals surface area contributed by atoms with Crippen LogP contribution in [0.4, 0.5) is 5.82 Å². The zero-order valence-corrected chi connectivity index (χ0v) is 9.99. The van der Waals surface area contributed by atoms with Crippen LogP contribution in [-0.2, 0) is 0 Å². The summed E-state index contributed by atoms with van der Waals surface area (Å²) in [6, 6.07) is 9.72. The molecular formula is C13H14N4O. The van der Waals surface area contributed by atoms with Crippen molar-refractivity contribution < 1.29 is 4.73 Å². The molecule has 1 aromatic heterocycles. The van der Waals surface area contributed by atoms with Gasteiger partial charge in [0.25, 0.3) is 12.1 Å². The van der Waals surface area contributed by atoms with Crippen LogP contribution < -0.4 is 9.63 Å². The molecule has 0 aliphatic carbocycles. The summed E-state index contributed by atoms with van der Waals surface area (Å²) in [5, 5.41) is 19.9. The van der Waals surface area contributed by atoms with Crippen LogP contribution in [-0.4, -0.2) is 23.3 Å². The molecule has 18 heavy (non-hydrogen) atoms. The zero-order chi connectivity index (χ0) is 12.4. The maximum absolute atomic E-state index is 12.0. The predicted octanol–water partition coefficient (Wildman–Crippen LogP) is 1.38. The molecule has 1 aromatic carbocycles. The fourth-order valence-electron chi connectivity index (χ4n) is 2.34. The number of rotatable bonds is 2. The summed E-state index contributed by atoms with van der Waals surface area (Å²) in [4.78, 5) is 2.09. The molecule has 92 valence electrons. The minimum atomic E-state index is 0.619. The molecule has 3 rings (SSSR count). The van der Waals surface area contributed by atoms with Gasteiger partial charge in [-0.25, -0.2) is 4.73 Å². The van der Waals surface area contributed by atoms with Crippen LogP contribution in [0.3, 0.4) is 0 Å². The van der Waals surface area contributed by atoms with Crippen molar-refractivity contribution in [1.82, 2.24) is 10.2 Å². The van der Waals surface area contributed by atoms with E-state index in [1.807, 2.05) is 30.3 Å². The first-order chi connectivity index (χ1) is 8.86. The third kappa shape index (κ3) is 1.88. The Hall–Kier alpha value is -2.17. The number of benzene rings is 1. The van der Waals surface area contributed by atoms with E-state index in [2.05, 4.69) is 15.1 Å². The summed E-state index contributed by atoms with van der Waals surface area (Å²) < 4.78 is 0.820. The highest BCUT2D eigenvalue weighted by atomic mass is 16.5. The van der Waals surface area contributed by atoms with Gasteiger partial charge >= 0.3 is 0 Å². The Balaban J connectivity index is 2.11. The monoisotopic (exact) mass is 242 g/mol. The summed E-state index contributed by atoms with van der Waals surface area (Å²) in [5.74, 6) is 0.619. The van der Waals surface area contributed by atoms with Crippen molar-refractivity contribution in [3.05, 3.63) is 41.9 Å². The lowest BCUT2D eigenvalue weighted by Gasteiger charge is -2.19. The minimum Gasteiger partial charge on any atom is -0.740 e. The molecule has 0 saturated carbocycles. The summed E-state index contributed by atoms with van der Waals surface area (Å²) in [6.07, 6.45) is 3.47. The average Bonchev–Trinajstić information content (AvgIpc) is 2.93. The summed E-state index contributed by atoms with van der Waals surface area (Å²) in [5.41, 5.74) is 1.59. The molecule has 2 aromatic rings. The molecule has 0 atom stereocenters. The summed E-state index contributed by atoms with van der Waals surface area (Å²) in [6.45, 7) is 1.82. The van der Waals surface area contributed by atoms with Crippen LogP contribution in [0.2, 0.25) is 0 Å². The van der Waals surface area contributed by atoms with Crippen molar-refractivity contribution in [1.29, 1.82) is 0 Å². The zero-order valence-electron chi connectivity index (χ0n) is 9.99. The largest absolute Gasteiger partial charge is 0.740 e. The number of hydrogen-bond acceptors (Lipinski definition) is 4. The van der Waals surface area contributed by atoms with Gasteiger partial charge < -0.3 is 5.21 Å². The first kappa shape index (κ1) is 11.0. The lowest BCUT2D eigenvalue weighted by Crippen LogP contribution is -2.38. The van der Waals surface area contributed by atoms with E-state index < -0.39 is 0 Å². The van der Waals surface area contributed by atoms with Gasteiger partial charge in [0.2, 0.25) is 0 Å². The Morgan fingerprint density at radius 2 is 1.83 bits per heavy atom. The van der Waals surface area contributed by atoms with E-state index in [0.717, 1.165) is 36.2 Å². The van der Waals surface area contributed by atoms with Gasteiger partial charge in [0.15, 0.2) is 5.69 Å². The molecule has 1 aliphatic rings. The standard InChI is InChI=1S/C13H14N4O/c18-17-10-14-15-12(11-6-2-1-3-7-11)13(17)16-8-4-5-9-16/h1-3,6-7,10H,4-5,8-9H2. The molecule has 0 amide bonds. The van der Waals surface area contributed by atoms with Gasteiger partial charge in [-0.15, -0.1) is 0 Å². The molecule has 5 nitrogen and oxygen atoms in total. The van der Waals surface area contributed by atoms with Gasteiger partial charge in [-0.1, -0.05) is 35.4 Å². The Morgan fingerprint density at radius 3 is 2.56 bits per heavy atom. The molecule has 0 radical (unpaired) electrons. The molecule has 0 bridgehead atoms. The normalized spacial score (nSPS) is 15.0. The van der Waals surface area contributed by atoms with Crippen LogP contribution in [0.1, 0.15) is 12.8 Å². The van der Waals surface area contributed by atoms with E-state index in [1.54, 1.807) is 0 Å². The van der Waals surface area contributed by atoms with E-state index in [4.69, 9.17) is 0 Å². The fraction of sp³-hybridized carbons (Fsp3) is 0.308. The van der Waals surface area contributed by atoms with E-state index in [9.17, 15) is 5.21 Å². The highest BCUT2D eigenvalue weighted by Crippen LogP contribution is 2.26. The molecule has 0 N–H and O–H groups in total. The van der Waals surface area contributed by atoms with Gasteiger partial charge in [0.1, 0.15) is 0 Å². The molecule has 1 aliphatic heterocycles. The fourth-order valence-corrected chi connectivity index (χ4v) is 2.34. The Bertz CT molecular complexity index is 538. The molecule has 0 unspecified atom stereocenters. The van der Waals surface area contributed by atoms with Crippen molar-refractivity contribution >= 4 is 5.82 Å². The minimum absolute atomic E-state index is 0.619. The van der Waals surface area contributed by atoms with Gasteiger partial charge in [-0.3, -0.25) is 4.90 Å². The second-order valence-electron chi connectivity index (χ2n) is 4.39. The van der Waals surface area contributed by atoms with Crippen LogP contribution in [0.25, 0.3) is 11.3 Å². The SMILES string of the molecule is [O-][n+]1cnnc(-c2ccccc2)c1N1CCCC1. The molecule has 2 heterocycles. The highest BCUT2D eigenvalue weighted by Gasteiger charge is 2.25. The Labute approximate surface area is 105 Å². The Morgan fingerprint density at radius 1 is 1.11 bits per heavy atom. The number of hydrogen-bond donors (Lipinski definition) is 0. The maximum Gasteiger partial charge on any atom is 0.254 e. The van der Waals surface area contributed by atoms with Crippen molar-refractivity contribution in [2.75, 3.05) is 18.0 Å². The number of aromatic nitrogens is 3. The number of nitrogens with zero attached hydrogens (tertiary/aromatic N) is 4. The van der Waals surface area contributed by atoms with E-state index in [-0.39, 0.29) is 0 Å². The highest BCUT2D eigenvalue weighted by molar-refractivity contribution is 5.69. The van der Waals surface area contributed by atoms with Gasteiger partial charge in [0, 0.05) is 10.7 Å². The van der Waals surface area contributed by atoms with Crippen molar-refractivity contribution in [3.63, 3.8) is 0 Å². The van der Waals surface area contributed by atoms with Crippen molar-refractivity contribution in [3.8, 4) is 11.3 Å². The second kappa shape index (κ2) is 4.60. The number of anilines is 1. The smallest absolute Gasteiger partial charge is 0.254 e. The third-order valence-corrected chi connectivity index (χ3v) is 3.19. The van der Waals surface area contributed by atoms with Crippen LogP contribution in [0, 0.1) is 5.21 Å². The molecule has 5 heteroatoms. The van der Waals surface area contributed by atoms with Crippen LogP contribution >= 0.6 is 0 Å². The second-order valence-corrected chi connectivity index (χ2v) is 4.39.